The number of rotatable bonds is 0. The first-order valence-electron chi connectivity index (χ1n) is 6.43. The van der Waals surface area contributed by atoms with Gasteiger partial charge in [-0.2, -0.15) is 0 Å². The van der Waals surface area contributed by atoms with E-state index in [1.165, 1.54) is 0 Å². The molecule has 0 aliphatic rings. The first-order chi connectivity index (χ1) is 12.4. The molecule has 0 aromatic carbocycles. The van der Waals surface area contributed by atoms with Gasteiger partial charge in [0.05, 0.1) is 0 Å². The summed E-state index contributed by atoms with van der Waals surface area (Å²) in [7, 11) is 0. The minimum Gasteiger partial charge on any atom is -0.424 e. The van der Waals surface area contributed by atoms with Crippen LogP contribution < -0.4 is 0 Å². The summed E-state index contributed by atoms with van der Waals surface area (Å²) in [6.07, 6.45) is 0. The van der Waals surface area contributed by atoms with Crippen LogP contribution in [0.3, 0.4) is 0 Å². The number of nitrogens with zero attached hydrogens (tertiary/aromatic N) is 14. The molecule has 0 aliphatic carbocycles. The molecule has 0 spiro atoms. The summed E-state index contributed by atoms with van der Waals surface area (Å²) in [5, 5.41) is 81.9. The summed E-state index contributed by atoms with van der Waals surface area (Å²) in [6.45, 7) is 0. The lowest BCUT2D eigenvalue weighted by Gasteiger charge is -2.18. The molecular weight excluding hydrogens is 364 g/mol. The average molecular weight is 370 g/mol. The molecule has 0 saturated heterocycles. The quantitative estimate of drug-likeness (QED) is 0.117. The van der Waals surface area contributed by atoms with Gasteiger partial charge in [-0.05, 0) is 20.9 Å². The van der Waals surface area contributed by atoms with Crippen LogP contribution in [-0.4, -0.2) is 100 Å². The van der Waals surface area contributed by atoms with Gasteiger partial charge in [0.25, 0.3) is 11.3 Å². The molecule has 0 aliphatic heterocycles. The van der Waals surface area contributed by atoms with E-state index in [0.717, 1.165) is 0 Å². The van der Waals surface area contributed by atoms with Crippen molar-refractivity contribution in [3.05, 3.63) is 0 Å². The fraction of sp³-hybridized carbons (Fsp3) is 0. The Labute approximate surface area is 135 Å². The van der Waals surface area contributed by atoms with Crippen LogP contribution in [0.2, 0.25) is 0 Å². The predicted molar refractivity (Wildman–Crippen MR) is 67.6 cm³/mol. The topological polar surface area (TPSA) is 237 Å². The molecule has 5 heterocycles. The van der Waals surface area contributed by atoms with Crippen LogP contribution in [0.25, 0.3) is 34.1 Å². The third kappa shape index (κ3) is 1.26. The zero-order valence-corrected chi connectivity index (χ0v) is 11.9. The van der Waals surface area contributed by atoms with Gasteiger partial charge in [-0.25, -0.2) is 0 Å². The minimum atomic E-state index is -0.734. The summed E-state index contributed by atoms with van der Waals surface area (Å²) in [4.78, 5) is 0.301. The average Bonchev–Trinajstić information content (AvgIpc) is 3.28. The summed E-state index contributed by atoms with van der Waals surface area (Å²) < 4.78 is 1.69. The van der Waals surface area contributed by atoms with E-state index in [2.05, 4.69) is 31.1 Å². The Morgan fingerprint density at radius 1 is 0.500 bits per heavy atom. The van der Waals surface area contributed by atoms with E-state index in [9.17, 15) is 31.2 Å². The number of tetrazole rings is 2. The third-order valence-corrected chi connectivity index (χ3v) is 3.60. The normalized spacial score (nSPS) is 12.0. The van der Waals surface area contributed by atoms with E-state index >= 15 is 0 Å². The van der Waals surface area contributed by atoms with Gasteiger partial charge in [-0.15, -0.1) is 18.9 Å². The molecule has 5 rings (SSSR count). The second kappa shape index (κ2) is 4.00. The summed E-state index contributed by atoms with van der Waals surface area (Å²) in [6, 6.07) is 0. The van der Waals surface area contributed by atoms with E-state index < -0.39 is 34.1 Å². The van der Waals surface area contributed by atoms with Crippen LogP contribution in [0, 0.1) is 0 Å². The molecule has 0 amide bonds. The lowest BCUT2D eigenvalue weighted by Crippen LogP contribution is -2.27. The van der Waals surface area contributed by atoms with Gasteiger partial charge in [-0.1, -0.05) is 29.1 Å². The summed E-state index contributed by atoms with van der Waals surface area (Å²) in [5.74, 6) is -0.959. The molecule has 20 heteroatoms. The van der Waals surface area contributed by atoms with Crippen molar-refractivity contribution in [2.24, 2.45) is 0 Å². The minimum absolute atomic E-state index is 0.104. The maximum Gasteiger partial charge on any atom is 0.307 e. The highest BCUT2D eigenvalue weighted by molar-refractivity contribution is 5.80. The molecule has 136 valence electrons. The molecule has 20 nitrogen and oxygen atoms in total. The molecule has 5 aromatic heterocycles. The van der Waals surface area contributed by atoms with Crippen molar-refractivity contribution in [2.45, 2.75) is 0 Å². The van der Waals surface area contributed by atoms with Crippen molar-refractivity contribution in [2.75, 3.05) is 0 Å². The van der Waals surface area contributed by atoms with Crippen molar-refractivity contribution < 1.29 is 31.2 Å². The van der Waals surface area contributed by atoms with Crippen LogP contribution >= 0.6 is 0 Å². The highest BCUT2D eigenvalue weighted by atomic mass is 16.6. The molecule has 0 fully saturated rings. The number of aromatic nitrogens is 14. The van der Waals surface area contributed by atoms with Crippen molar-refractivity contribution in [1.29, 1.82) is 0 Å². The van der Waals surface area contributed by atoms with Gasteiger partial charge in [0.15, 0.2) is 0 Å². The maximum absolute atomic E-state index is 10.5. The molecule has 0 atom stereocenters. The fourth-order valence-corrected chi connectivity index (χ4v) is 2.52. The van der Waals surface area contributed by atoms with Gasteiger partial charge >= 0.3 is 11.6 Å². The van der Waals surface area contributed by atoms with Crippen LogP contribution in [0.4, 0.5) is 0 Å². The second-order valence-electron chi connectivity index (χ2n) is 4.86. The Morgan fingerprint density at radius 2 is 0.885 bits per heavy atom. The smallest absolute Gasteiger partial charge is 0.307 e. The predicted octanol–water partition coefficient (Wildman–Crippen LogP) is -3.21. The van der Waals surface area contributed by atoms with Crippen molar-refractivity contribution in [3.63, 3.8) is 0 Å². The van der Waals surface area contributed by atoms with Gasteiger partial charge in [0.2, 0.25) is 11.3 Å². The summed E-state index contributed by atoms with van der Waals surface area (Å²) in [5.41, 5.74) is -2.91. The highest BCUT2D eigenvalue weighted by Gasteiger charge is 2.27. The van der Waals surface area contributed by atoms with Gasteiger partial charge in [0.1, 0.15) is 0 Å². The molecule has 6 N–H and O–H groups in total. The third-order valence-electron chi connectivity index (χ3n) is 3.60. The van der Waals surface area contributed by atoms with E-state index in [1.807, 2.05) is 0 Å². The molecule has 0 saturated carbocycles. The molecular formula is C6H6N14O6. The Hall–Kier alpha value is -4.78. The van der Waals surface area contributed by atoms with Gasteiger partial charge in [-0.3, -0.25) is 0 Å². The van der Waals surface area contributed by atoms with E-state index in [4.69, 9.17) is 0 Å². The lowest BCUT2D eigenvalue weighted by atomic mass is 10.5. The first kappa shape index (κ1) is 13.6. The Balaban J connectivity index is 2.22. The lowest BCUT2D eigenvalue weighted by molar-refractivity contribution is 0.0763. The van der Waals surface area contributed by atoms with Gasteiger partial charge in [0, 0.05) is 0 Å². The van der Waals surface area contributed by atoms with E-state index in [1.54, 1.807) is 0 Å². The first-order valence-corrected chi connectivity index (χ1v) is 6.43. The van der Waals surface area contributed by atoms with Crippen molar-refractivity contribution >= 4 is 34.1 Å². The number of hydrogen-bond acceptors (Lipinski definition) is 12. The number of fused-ring (bicyclic) bond motifs is 4. The molecule has 0 bridgehead atoms. The molecule has 5 aromatic rings. The van der Waals surface area contributed by atoms with Gasteiger partial charge < -0.3 is 31.2 Å². The highest BCUT2D eigenvalue weighted by Crippen LogP contribution is 2.21. The Kier molecular flexibility index (Phi) is 2.10. The SMILES string of the molecule is On1c2c(n(O)c3c1n(O)n1nnnc1n3O)n(O)n1nnnc1n2O. The second-order valence-corrected chi connectivity index (χ2v) is 4.86. The fourth-order valence-electron chi connectivity index (χ4n) is 2.52. The molecule has 0 unspecified atom stereocenters. The van der Waals surface area contributed by atoms with Crippen LogP contribution in [0.5, 0.6) is 0 Å². The van der Waals surface area contributed by atoms with E-state index in [0.29, 0.717) is 9.26 Å². The van der Waals surface area contributed by atoms with Crippen LogP contribution in [0.15, 0.2) is 0 Å². The van der Waals surface area contributed by atoms with Crippen molar-refractivity contribution in [1.82, 2.24) is 68.9 Å². The largest absolute Gasteiger partial charge is 0.424 e. The monoisotopic (exact) mass is 370 g/mol. The molecule has 26 heavy (non-hydrogen) atoms. The van der Waals surface area contributed by atoms with E-state index in [-0.39, 0.29) is 28.6 Å². The number of hydrogen-bond donors (Lipinski definition) is 6. The Morgan fingerprint density at radius 3 is 1.27 bits per heavy atom. The maximum atomic E-state index is 10.5. The van der Waals surface area contributed by atoms with Crippen molar-refractivity contribution in [3.8, 4) is 0 Å². The molecule has 0 radical (unpaired) electrons. The zero-order chi connectivity index (χ0) is 18.3. The van der Waals surface area contributed by atoms with Crippen LogP contribution in [-0.2, 0) is 0 Å². The Bertz CT molecular complexity index is 1200. The zero-order valence-electron chi connectivity index (χ0n) is 11.9. The van der Waals surface area contributed by atoms with Crippen LogP contribution in [0.1, 0.15) is 0 Å². The summed E-state index contributed by atoms with van der Waals surface area (Å²) >= 11 is 0. The standard InChI is InChI=1S/C6H6N14O6/c21-13-1-3(19(25)17-5(15(1)23)7-9-11-17)14(22)2-4(13)20(26)18-6(16(2)24)8-10-12-18/h21-26H.